The van der Waals surface area contributed by atoms with Crippen LogP contribution in [-0.2, 0) is 13.0 Å². The van der Waals surface area contributed by atoms with Crippen LogP contribution in [0.2, 0.25) is 0 Å². The Labute approximate surface area is 205 Å². The topological polar surface area (TPSA) is 70.0 Å². The fourth-order valence-electron chi connectivity index (χ4n) is 4.93. The van der Waals surface area contributed by atoms with Crippen molar-refractivity contribution in [1.29, 1.82) is 0 Å². The third-order valence-corrected chi connectivity index (χ3v) is 7.20. The number of fused-ring (bicyclic) bond motifs is 3. The number of aliphatic hydroxyl groups excluding tert-OH is 1. The van der Waals surface area contributed by atoms with Gasteiger partial charge in [-0.15, -0.1) is 0 Å². The number of rotatable bonds is 10. The number of ether oxygens (including phenoxy) is 1. The summed E-state index contributed by atoms with van der Waals surface area (Å²) < 4.78 is 6.46. The number of hydrogen-bond donors (Lipinski definition) is 2. The maximum Gasteiger partial charge on any atom is 0.254 e. The summed E-state index contributed by atoms with van der Waals surface area (Å²) in [6.45, 7) is 13.9. The SMILES string of the molecule is CC(C)=CCC/C(C)=C/CC[C@]1(C)Oc2c(c(O)cc3c2CN(CCCC(C)C)C3=O)C[C@@H]1O. The van der Waals surface area contributed by atoms with Crippen molar-refractivity contribution < 1.29 is 19.7 Å². The van der Waals surface area contributed by atoms with E-state index in [1.807, 2.05) is 11.8 Å². The van der Waals surface area contributed by atoms with Crippen molar-refractivity contribution in [2.75, 3.05) is 6.54 Å². The molecular weight excluding hydrogens is 426 g/mol. The van der Waals surface area contributed by atoms with E-state index in [-0.39, 0.29) is 11.7 Å². The Morgan fingerprint density at radius 3 is 2.65 bits per heavy atom. The molecule has 0 bridgehead atoms. The van der Waals surface area contributed by atoms with Crippen LogP contribution >= 0.6 is 0 Å². The maximum absolute atomic E-state index is 13.0. The predicted octanol–water partition coefficient (Wildman–Crippen LogP) is 6.31. The minimum absolute atomic E-state index is 0.0387. The first kappa shape index (κ1) is 26.3. The lowest BCUT2D eigenvalue weighted by atomic mass is 9.84. The van der Waals surface area contributed by atoms with E-state index in [0.29, 0.717) is 48.7 Å². The van der Waals surface area contributed by atoms with Crippen molar-refractivity contribution in [2.24, 2.45) is 5.92 Å². The van der Waals surface area contributed by atoms with Crippen LogP contribution in [0.4, 0.5) is 0 Å². The predicted molar refractivity (Wildman–Crippen MR) is 137 cm³/mol. The molecule has 1 aromatic carbocycles. The van der Waals surface area contributed by atoms with E-state index in [4.69, 9.17) is 4.74 Å². The van der Waals surface area contributed by atoms with Gasteiger partial charge in [-0.1, -0.05) is 37.1 Å². The van der Waals surface area contributed by atoms with Crippen molar-refractivity contribution in [3.63, 3.8) is 0 Å². The van der Waals surface area contributed by atoms with Crippen molar-refractivity contribution in [3.8, 4) is 11.5 Å². The molecule has 2 N–H and O–H groups in total. The molecule has 188 valence electrons. The molecule has 5 nitrogen and oxygen atoms in total. The summed E-state index contributed by atoms with van der Waals surface area (Å²) in [5, 5.41) is 21.6. The largest absolute Gasteiger partial charge is 0.508 e. The summed E-state index contributed by atoms with van der Waals surface area (Å²) >= 11 is 0. The molecule has 5 heteroatoms. The summed E-state index contributed by atoms with van der Waals surface area (Å²) in [6, 6.07) is 1.57. The number of phenolic OH excluding ortho intramolecular Hbond substituents is 1. The molecule has 0 saturated carbocycles. The summed E-state index contributed by atoms with van der Waals surface area (Å²) in [5.41, 5.74) is 3.93. The van der Waals surface area contributed by atoms with Crippen LogP contribution < -0.4 is 4.74 Å². The lowest BCUT2D eigenvalue weighted by Crippen LogP contribution is -2.49. The standard InChI is InChI=1S/C29H43NO4/c1-19(2)10-7-12-21(5)13-8-14-29(6)26(32)17-23-25(31)16-22-24(27(23)34-29)18-30(28(22)33)15-9-11-20(3)4/h10,13,16,20,26,31-32H,7-9,11-12,14-15,17-18H2,1-6H3/b21-13+/t26-,29-/m0/s1. The van der Waals surface area contributed by atoms with Crippen LogP contribution in [0, 0.1) is 5.92 Å². The minimum Gasteiger partial charge on any atom is -0.508 e. The molecule has 0 aromatic heterocycles. The zero-order valence-electron chi connectivity index (χ0n) is 21.9. The van der Waals surface area contributed by atoms with Crippen LogP contribution in [0.1, 0.15) is 102 Å². The smallest absolute Gasteiger partial charge is 0.254 e. The van der Waals surface area contributed by atoms with Gasteiger partial charge in [0.1, 0.15) is 17.1 Å². The number of allylic oxidation sites excluding steroid dienone is 4. The lowest BCUT2D eigenvalue weighted by Gasteiger charge is -2.40. The second kappa shape index (κ2) is 11.0. The molecule has 34 heavy (non-hydrogen) atoms. The van der Waals surface area contributed by atoms with Crippen LogP contribution in [0.25, 0.3) is 0 Å². The number of phenols is 1. The van der Waals surface area contributed by atoms with Gasteiger partial charge in [-0.3, -0.25) is 4.79 Å². The van der Waals surface area contributed by atoms with E-state index >= 15 is 0 Å². The second-order valence-corrected chi connectivity index (χ2v) is 11.0. The third-order valence-electron chi connectivity index (χ3n) is 7.20. The highest BCUT2D eigenvalue weighted by Gasteiger charge is 2.44. The van der Waals surface area contributed by atoms with Gasteiger partial charge in [-0.25, -0.2) is 0 Å². The molecule has 3 rings (SSSR count). The Hall–Kier alpha value is -2.27. The maximum atomic E-state index is 13.0. The van der Waals surface area contributed by atoms with Gasteiger partial charge in [0, 0.05) is 24.1 Å². The van der Waals surface area contributed by atoms with Gasteiger partial charge in [-0.05, 0) is 78.2 Å². The van der Waals surface area contributed by atoms with E-state index in [9.17, 15) is 15.0 Å². The van der Waals surface area contributed by atoms with Crippen molar-refractivity contribution in [3.05, 3.63) is 46.1 Å². The van der Waals surface area contributed by atoms with Crippen molar-refractivity contribution >= 4 is 5.91 Å². The monoisotopic (exact) mass is 469 g/mol. The first-order valence-corrected chi connectivity index (χ1v) is 12.8. The van der Waals surface area contributed by atoms with Gasteiger partial charge in [0.05, 0.1) is 18.2 Å². The fourth-order valence-corrected chi connectivity index (χ4v) is 4.93. The Bertz CT molecular complexity index is 957. The second-order valence-electron chi connectivity index (χ2n) is 11.0. The normalized spacial score (nSPS) is 22.0. The summed E-state index contributed by atoms with van der Waals surface area (Å²) in [6.07, 6.45) is 9.69. The summed E-state index contributed by atoms with van der Waals surface area (Å²) in [4.78, 5) is 14.9. The van der Waals surface area contributed by atoms with E-state index in [1.54, 1.807) is 6.07 Å². The quantitative estimate of drug-likeness (QED) is 0.394. The zero-order chi connectivity index (χ0) is 25.0. The molecule has 0 fully saturated rings. The molecule has 2 aliphatic rings. The number of benzene rings is 1. The van der Waals surface area contributed by atoms with Crippen molar-refractivity contribution in [1.82, 2.24) is 4.90 Å². The van der Waals surface area contributed by atoms with E-state index in [0.717, 1.165) is 37.7 Å². The van der Waals surface area contributed by atoms with Crippen LogP contribution in [0.3, 0.4) is 0 Å². The number of amides is 1. The molecule has 2 aliphatic heterocycles. The number of aliphatic hydroxyl groups is 1. The minimum atomic E-state index is -0.765. The Morgan fingerprint density at radius 1 is 1.24 bits per heavy atom. The van der Waals surface area contributed by atoms with Gasteiger partial charge >= 0.3 is 0 Å². The van der Waals surface area contributed by atoms with E-state index < -0.39 is 11.7 Å². The first-order chi connectivity index (χ1) is 16.0. The molecular formula is C29H43NO4. The number of carbonyl (C=O) groups is 1. The van der Waals surface area contributed by atoms with Crippen LogP contribution in [-0.4, -0.2) is 39.3 Å². The molecule has 0 spiro atoms. The molecule has 0 aliphatic carbocycles. The number of nitrogens with zero attached hydrogens (tertiary/aromatic N) is 1. The molecule has 2 heterocycles. The third kappa shape index (κ3) is 6.04. The number of carbonyl (C=O) groups excluding carboxylic acids is 1. The highest BCUT2D eigenvalue weighted by molar-refractivity contribution is 6.00. The van der Waals surface area contributed by atoms with Crippen LogP contribution in [0.5, 0.6) is 11.5 Å². The van der Waals surface area contributed by atoms with Gasteiger partial charge in [0.2, 0.25) is 0 Å². The average molecular weight is 470 g/mol. The molecule has 2 atom stereocenters. The Balaban J connectivity index is 1.74. The van der Waals surface area contributed by atoms with E-state index in [2.05, 4.69) is 46.8 Å². The fraction of sp³-hybridized carbons (Fsp3) is 0.621. The summed E-state index contributed by atoms with van der Waals surface area (Å²) in [7, 11) is 0. The highest BCUT2D eigenvalue weighted by atomic mass is 16.5. The molecule has 0 saturated heterocycles. The zero-order valence-corrected chi connectivity index (χ0v) is 21.9. The average Bonchev–Trinajstić information content (AvgIpc) is 3.05. The summed E-state index contributed by atoms with van der Waals surface area (Å²) in [5.74, 6) is 1.21. The Morgan fingerprint density at radius 2 is 1.97 bits per heavy atom. The van der Waals surface area contributed by atoms with Gasteiger partial charge in [-0.2, -0.15) is 0 Å². The Kier molecular flexibility index (Phi) is 8.51. The van der Waals surface area contributed by atoms with Crippen molar-refractivity contribution in [2.45, 2.75) is 105 Å². The number of aromatic hydroxyl groups is 1. The molecule has 0 radical (unpaired) electrons. The van der Waals surface area contributed by atoms with Crippen LogP contribution in [0.15, 0.2) is 29.4 Å². The molecule has 1 aromatic rings. The van der Waals surface area contributed by atoms with E-state index in [1.165, 1.54) is 11.1 Å². The first-order valence-electron chi connectivity index (χ1n) is 12.8. The highest BCUT2D eigenvalue weighted by Crippen LogP contribution is 2.46. The van der Waals surface area contributed by atoms with Gasteiger partial charge in [0.25, 0.3) is 5.91 Å². The molecule has 0 unspecified atom stereocenters. The van der Waals surface area contributed by atoms with Gasteiger partial charge < -0.3 is 19.8 Å². The molecule has 1 amide bonds. The van der Waals surface area contributed by atoms with Gasteiger partial charge in [0.15, 0.2) is 0 Å². The number of hydrogen-bond acceptors (Lipinski definition) is 4. The lowest BCUT2D eigenvalue weighted by molar-refractivity contribution is -0.0599.